The summed E-state index contributed by atoms with van der Waals surface area (Å²) in [4.78, 5) is 28.4. The van der Waals surface area contributed by atoms with Crippen LogP contribution in [0.25, 0.3) is 0 Å². The summed E-state index contributed by atoms with van der Waals surface area (Å²) in [6, 6.07) is 13.2. The van der Waals surface area contributed by atoms with Crippen LogP contribution in [0.2, 0.25) is 0 Å². The fourth-order valence-corrected chi connectivity index (χ4v) is 3.22. The maximum absolute atomic E-state index is 13.1. The zero-order valence-corrected chi connectivity index (χ0v) is 16.6. The van der Waals surface area contributed by atoms with Crippen molar-refractivity contribution in [1.82, 2.24) is 15.1 Å². The van der Waals surface area contributed by atoms with Gasteiger partial charge in [-0.15, -0.1) is 0 Å². The number of benzene rings is 2. The van der Waals surface area contributed by atoms with Gasteiger partial charge in [0.05, 0.1) is 17.8 Å². The molecule has 0 saturated carbocycles. The number of alkyl halides is 2. The predicted molar refractivity (Wildman–Crippen MR) is 109 cm³/mol. The Hall–Kier alpha value is -3.20. The molecule has 1 aliphatic heterocycles. The molecule has 3 rings (SSSR count). The predicted octanol–water partition coefficient (Wildman–Crippen LogP) is 2.54. The highest BCUT2D eigenvalue weighted by molar-refractivity contribution is 6.00. The number of ether oxygens (including phenoxy) is 1. The number of carbonyl (C=O) groups excluding carboxylic acids is 2. The lowest BCUT2D eigenvalue weighted by Crippen LogP contribution is -2.50. The Labute approximate surface area is 173 Å². The number of amides is 2. The number of hydrogen-bond acceptors (Lipinski definition) is 5. The van der Waals surface area contributed by atoms with E-state index >= 15 is 0 Å². The maximum Gasteiger partial charge on any atom is 0.387 e. The minimum atomic E-state index is -2.88. The Morgan fingerprint density at radius 3 is 2.33 bits per heavy atom. The number of halogens is 2. The molecule has 0 atom stereocenters. The third kappa shape index (κ3) is 5.66. The standard InChI is InChI=1S/C21H24F2N4O3/c1-24-19(28)14-26-10-12-27(13-11-26)20(29)17-4-2-3-5-18(17)25-15-6-8-16(9-7-15)30-21(22)23/h2-9,21,25H,10-14H2,1H3,(H,24,28). The second kappa shape index (κ2) is 10.0. The minimum absolute atomic E-state index is 0.0470. The number of para-hydroxylation sites is 1. The van der Waals surface area contributed by atoms with E-state index in [4.69, 9.17) is 0 Å². The second-order valence-corrected chi connectivity index (χ2v) is 6.81. The lowest BCUT2D eigenvalue weighted by molar-refractivity contribution is -0.122. The Kier molecular flexibility index (Phi) is 7.18. The van der Waals surface area contributed by atoms with Gasteiger partial charge in [0.25, 0.3) is 5.91 Å². The van der Waals surface area contributed by atoms with Crippen LogP contribution in [0.5, 0.6) is 5.75 Å². The molecule has 0 radical (unpaired) electrons. The Bertz CT molecular complexity index is 869. The normalized spacial score (nSPS) is 14.5. The van der Waals surface area contributed by atoms with E-state index in [1.54, 1.807) is 42.3 Å². The largest absolute Gasteiger partial charge is 0.435 e. The zero-order valence-electron chi connectivity index (χ0n) is 16.6. The third-order valence-corrected chi connectivity index (χ3v) is 4.82. The van der Waals surface area contributed by atoms with Gasteiger partial charge in [-0.05, 0) is 36.4 Å². The molecule has 0 unspecified atom stereocenters. The number of nitrogens with one attached hydrogen (secondary N) is 2. The molecule has 160 valence electrons. The summed E-state index contributed by atoms with van der Waals surface area (Å²) in [6.07, 6.45) is 0. The number of piperazine rings is 1. The smallest absolute Gasteiger partial charge is 0.387 e. The van der Waals surface area contributed by atoms with Gasteiger partial charge in [0.15, 0.2) is 0 Å². The van der Waals surface area contributed by atoms with Crippen LogP contribution in [0.3, 0.4) is 0 Å². The van der Waals surface area contributed by atoms with Gasteiger partial charge in [-0.3, -0.25) is 14.5 Å². The highest BCUT2D eigenvalue weighted by Gasteiger charge is 2.24. The van der Waals surface area contributed by atoms with E-state index in [0.29, 0.717) is 49.7 Å². The van der Waals surface area contributed by atoms with Crippen molar-refractivity contribution >= 4 is 23.2 Å². The van der Waals surface area contributed by atoms with Gasteiger partial charge in [0.2, 0.25) is 5.91 Å². The molecular formula is C21H24F2N4O3. The Morgan fingerprint density at radius 2 is 1.70 bits per heavy atom. The Balaban J connectivity index is 1.65. The van der Waals surface area contributed by atoms with Gasteiger partial charge >= 0.3 is 6.61 Å². The molecular weight excluding hydrogens is 394 g/mol. The molecule has 2 aromatic rings. The lowest BCUT2D eigenvalue weighted by atomic mass is 10.1. The first kappa shape index (κ1) is 21.5. The summed E-state index contributed by atoms with van der Waals surface area (Å²) >= 11 is 0. The van der Waals surface area contributed by atoms with Gasteiger partial charge in [-0.25, -0.2) is 0 Å². The molecule has 1 saturated heterocycles. The van der Waals surface area contributed by atoms with Crippen LogP contribution in [0.4, 0.5) is 20.2 Å². The average Bonchev–Trinajstić information content (AvgIpc) is 2.75. The van der Waals surface area contributed by atoms with Crippen molar-refractivity contribution < 1.29 is 23.1 Å². The van der Waals surface area contributed by atoms with Gasteiger partial charge < -0.3 is 20.3 Å². The third-order valence-electron chi connectivity index (χ3n) is 4.82. The summed E-state index contributed by atoms with van der Waals surface area (Å²) in [5.74, 6) is -0.0841. The van der Waals surface area contributed by atoms with E-state index in [0.717, 1.165) is 0 Å². The van der Waals surface area contributed by atoms with Crippen LogP contribution >= 0.6 is 0 Å². The first-order valence-corrected chi connectivity index (χ1v) is 9.59. The van der Waals surface area contributed by atoms with Crippen molar-refractivity contribution in [2.75, 3.05) is 45.1 Å². The Morgan fingerprint density at radius 1 is 1.03 bits per heavy atom. The molecule has 0 spiro atoms. The lowest BCUT2D eigenvalue weighted by Gasteiger charge is -2.34. The monoisotopic (exact) mass is 418 g/mol. The summed E-state index contributed by atoms with van der Waals surface area (Å²) in [5.41, 5.74) is 1.79. The van der Waals surface area contributed by atoms with E-state index in [9.17, 15) is 18.4 Å². The van der Waals surface area contributed by atoms with Crippen LogP contribution in [0.15, 0.2) is 48.5 Å². The number of hydrogen-bond donors (Lipinski definition) is 2. The topological polar surface area (TPSA) is 73.9 Å². The molecule has 30 heavy (non-hydrogen) atoms. The summed E-state index contributed by atoms with van der Waals surface area (Å²) < 4.78 is 28.9. The van der Waals surface area contributed by atoms with Crippen molar-refractivity contribution in [3.63, 3.8) is 0 Å². The molecule has 0 bridgehead atoms. The van der Waals surface area contributed by atoms with Gasteiger partial charge in [-0.1, -0.05) is 12.1 Å². The molecule has 1 fully saturated rings. The molecule has 9 heteroatoms. The highest BCUT2D eigenvalue weighted by Crippen LogP contribution is 2.25. The maximum atomic E-state index is 13.1. The van der Waals surface area contributed by atoms with Crippen molar-refractivity contribution in [2.45, 2.75) is 6.61 Å². The van der Waals surface area contributed by atoms with E-state index < -0.39 is 6.61 Å². The quantitative estimate of drug-likeness (QED) is 0.723. The number of nitrogens with zero attached hydrogens (tertiary/aromatic N) is 2. The number of carbonyl (C=O) groups is 2. The zero-order chi connectivity index (χ0) is 21.5. The number of rotatable bonds is 7. The average molecular weight is 418 g/mol. The first-order valence-electron chi connectivity index (χ1n) is 9.59. The summed E-state index contributed by atoms with van der Waals surface area (Å²) in [7, 11) is 1.60. The molecule has 0 aromatic heterocycles. The fraction of sp³-hybridized carbons (Fsp3) is 0.333. The molecule has 2 aromatic carbocycles. The van der Waals surface area contributed by atoms with E-state index in [1.165, 1.54) is 12.1 Å². The van der Waals surface area contributed by atoms with E-state index in [2.05, 4.69) is 15.4 Å². The van der Waals surface area contributed by atoms with Crippen LogP contribution in [0.1, 0.15) is 10.4 Å². The minimum Gasteiger partial charge on any atom is -0.435 e. The van der Waals surface area contributed by atoms with Crippen LogP contribution in [-0.2, 0) is 4.79 Å². The first-order chi connectivity index (χ1) is 14.5. The summed E-state index contributed by atoms with van der Waals surface area (Å²) in [6.45, 7) is -0.241. The second-order valence-electron chi connectivity index (χ2n) is 6.81. The van der Waals surface area contributed by atoms with Gasteiger partial charge in [0, 0.05) is 38.9 Å². The highest BCUT2D eigenvalue weighted by atomic mass is 19.3. The fourth-order valence-electron chi connectivity index (χ4n) is 3.22. The number of likely N-dealkylation sites (N-methyl/N-ethyl adjacent to an activating group) is 1. The number of anilines is 2. The van der Waals surface area contributed by atoms with Crippen molar-refractivity contribution in [2.24, 2.45) is 0 Å². The molecule has 1 aliphatic rings. The van der Waals surface area contributed by atoms with Gasteiger partial charge in [-0.2, -0.15) is 8.78 Å². The van der Waals surface area contributed by atoms with Crippen molar-refractivity contribution in [3.8, 4) is 5.75 Å². The van der Waals surface area contributed by atoms with Crippen LogP contribution in [-0.4, -0.2) is 68.0 Å². The molecule has 0 aliphatic carbocycles. The molecule has 1 heterocycles. The van der Waals surface area contributed by atoms with E-state index in [1.807, 2.05) is 11.0 Å². The van der Waals surface area contributed by atoms with Crippen molar-refractivity contribution in [3.05, 3.63) is 54.1 Å². The van der Waals surface area contributed by atoms with E-state index in [-0.39, 0.29) is 17.6 Å². The van der Waals surface area contributed by atoms with Crippen molar-refractivity contribution in [1.29, 1.82) is 0 Å². The van der Waals surface area contributed by atoms with Crippen LogP contribution in [0, 0.1) is 0 Å². The van der Waals surface area contributed by atoms with Gasteiger partial charge in [0.1, 0.15) is 5.75 Å². The SMILES string of the molecule is CNC(=O)CN1CCN(C(=O)c2ccccc2Nc2ccc(OC(F)F)cc2)CC1. The van der Waals surface area contributed by atoms with Crippen LogP contribution < -0.4 is 15.4 Å². The summed E-state index contributed by atoms with van der Waals surface area (Å²) in [5, 5.41) is 5.76. The molecule has 7 nitrogen and oxygen atoms in total. The molecule has 2 amide bonds. The molecule has 2 N–H and O–H groups in total.